The zero-order valence-corrected chi connectivity index (χ0v) is 12.6. The summed E-state index contributed by atoms with van der Waals surface area (Å²) in [5, 5.41) is 6.57. The van der Waals surface area contributed by atoms with Gasteiger partial charge in [-0.15, -0.1) is 0 Å². The molecule has 1 saturated heterocycles. The quantitative estimate of drug-likeness (QED) is 0.849. The van der Waals surface area contributed by atoms with E-state index in [0.29, 0.717) is 0 Å². The number of ether oxygens (including phenoxy) is 1. The van der Waals surface area contributed by atoms with Gasteiger partial charge in [0.05, 0.1) is 23.7 Å². The Balaban J connectivity index is 1.76. The van der Waals surface area contributed by atoms with E-state index in [-0.39, 0.29) is 23.1 Å². The van der Waals surface area contributed by atoms with Crippen molar-refractivity contribution in [2.45, 2.75) is 37.8 Å². The SMILES string of the molecule is CO[C@@H]1CS(=O)(=O)C[C@H]1NC(=O)c1noc2c1CCCC2. The predicted octanol–water partition coefficient (Wildman–Crippen LogP) is 0.0952. The van der Waals surface area contributed by atoms with E-state index >= 15 is 0 Å². The third-order valence-corrected chi connectivity index (χ3v) is 5.79. The fourth-order valence-electron chi connectivity index (χ4n) is 2.98. The summed E-state index contributed by atoms with van der Waals surface area (Å²) >= 11 is 0. The molecule has 8 heteroatoms. The molecule has 116 valence electrons. The van der Waals surface area contributed by atoms with Crippen LogP contribution < -0.4 is 5.32 Å². The molecule has 2 aliphatic rings. The molecular formula is C13H18N2O5S. The molecule has 3 rings (SSSR count). The van der Waals surface area contributed by atoms with Crippen LogP contribution in [-0.4, -0.2) is 50.2 Å². The van der Waals surface area contributed by atoms with E-state index in [9.17, 15) is 13.2 Å². The monoisotopic (exact) mass is 314 g/mol. The van der Waals surface area contributed by atoms with Crippen LogP contribution in [-0.2, 0) is 27.4 Å². The molecular weight excluding hydrogens is 296 g/mol. The van der Waals surface area contributed by atoms with Crippen molar-refractivity contribution in [3.8, 4) is 0 Å². The summed E-state index contributed by atoms with van der Waals surface area (Å²) in [5.41, 5.74) is 1.14. The molecule has 1 aromatic rings. The lowest BCUT2D eigenvalue weighted by atomic mass is 9.96. The summed E-state index contributed by atoms with van der Waals surface area (Å²) in [5.74, 6) is 0.225. The molecule has 1 amide bonds. The second-order valence-electron chi connectivity index (χ2n) is 5.57. The number of nitrogens with zero attached hydrogens (tertiary/aromatic N) is 1. The molecule has 0 saturated carbocycles. The second kappa shape index (κ2) is 5.42. The molecule has 1 aliphatic heterocycles. The number of fused-ring (bicyclic) bond motifs is 1. The number of sulfone groups is 1. The number of aromatic nitrogens is 1. The first-order valence-electron chi connectivity index (χ1n) is 7.01. The first-order chi connectivity index (χ1) is 10.00. The smallest absolute Gasteiger partial charge is 0.274 e. The van der Waals surface area contributed by atoms with Crippen molar-refractivity contribution in [1.29, 1.82) is 0 Å². The number of carbonyl (C=O) groups excluding carboxylic acids is 1. The molecule has 1 aromatic heterocycles. The van der Waals surface area contributed by atoms with Gasteiger partial charge in [0.1, 0.15) is 5.76 Å². The van der Waals surface area contributed by atoms with Crippen LogP contribution in [0, 0.1) is 0 Å². The maximum absolute atomic E-state index is 12.3. The molecule has 0 radical (unpaired) electrons. The Bertz CT molecular complexity index is 652. The molecule has 0 spiro atoms. The van der Waals surface area contributed by atoms with Gasteiger partial charge in [-0.1, -0.05) is 5.16 Å². The average molecular weight is 314 g/mol. The van der Waals surface area contributed by atoms with Crippen molar-refractivity contribution in [2.75, 3.05) is 18.6 Å². The van der Waals surface area contributed by atoms with Gasteiger partial charge >= 0.3 is 0 Å². The van der Waals surface area contributed by atoms with E-state index in [0.717, 1.165) is 37.0 Å². The highest BCUT2D eigenvalue weighted by Crippen LogP contribution is 2.24. The maximum Gasteiger partial charge on any atom is 0.274 e. The molecule has 2 atom stereocenters. The maximum atomic E-state index is 12.3. The summed E-state index contributed by atoms with van der Waals surface area (Å²) in [6, 6.07) is -0.538. The van der Waals surface area contributed by atoms with Crippen molar-refractivity contribution < 1.29 is 22.5 Å². The van der Waals surface area contributed by atoms with Gasteiger partial charge in [0.2, 0.25) is 0 Å². The third kappa shape index (κ3) is 2.82. The van der Waals surface area contributed by atoms with Crippen molar-refractivity contribution in [2.24, 2.45) is 0 Å². The van der Waals surface area contributed by atoms with Gasteiger partial charge in [-0.3, -0.25) is 4.79 Å². The van der Waals surface area contributed by atoms with E-state index in [1.54, 1.807) is 0 Å². The van der Waals surface area contributed by atoms with Crippen LogP contribution in [0.5, 0.6) is 0 Å². The van der Waals surface area contributed by atoms with Crippen LogP contribution in [0.25, 0.3) is 0 Å². The minimum absolute atomic E-state index is 0.0641. The van der Waals surface area contributed by atoms with E-state index in [2.05, 4.69) is 10.5 Å². The Morgan fingerprint density at radius 2 is 2.10 bits per heavy atom. The van der Waals surface area contributed by atoms with Gasteiger partial charge in [0, 0.05) is 19.1 Å². The Hall–Kier alpha value is -1.41. The van der Waals surface area contributed by atoms with E-state index in [4.69, 9.17) is 9.26 Å². The summed E-state index contributed by atoms with van der Waals surface area (Å²) < 4.78 is 33.7. The number of aryl methyl sites for hydroxylation is 1. The van der Waals surface area contributed by atoms with Gasteiger partial charge in [0.25, 0.3) is 5.91 Å². The van der Waals surface area contributed by atoms with Crippen LogP contribution in [0.1, 0.15) is 34.7 Å². The molecule has 1 fully saturated rings. The van der Waals surface area contributed by atoms with Gasteiger partial charge in [-0.25, -0.2) is 8.42 Å². The van der Waals surface area contributed by atoms with Crippen molar-refractivity contribution >= 4 is 15.7 Å². The molecule has 21 heavy (non-hydrogen) atoms. The topological polar surface area (TPSA) is 98.5 Å². The zero-order chi connectivity index (χ0) is 15.0. The molecule has 2 heterocycles. The number of hydrogen-bond acceptors (Lipinski definition) is 6. The normalized spacial score (nSPS) is 27.3. The minimum atomic E-state index is -3.17. The van der Waals surface area contributed by atoms with E-state index in [1.165, 1.54) is 7.11 Å². The average Bonchev–Trinajstić information content (AvgIpc) is 2.99. The van der Waals surface area contributed by atoms with Crippen molar-refractivity contribution in [3.05, 3.63) is 17.0 Å². The number of amides is 1. The van der Waals surface area contributed by atoms with Crippen LogP contribution in [0.15, 0.2) is 4.52 Å². The fraction of sp³-hybridized carbons (Fsp3) is 0.692. The lowest BCUT2D eigenvalue weighted by molar-refractivity contribution is 0.0779. The second-order valence-corrected chi connectivity index (χ2v) is 7.72. The minimum Gasteiger partial charge on any atom is -0.378 e. The number of rotatable bonds is 3. The number of carbonyl (C=O) groups is 1. The highest BCUT2D eigenvalue weighted by Gasteiger charge is 2.39. The first kappa shape index (κ1) is 14.5. The van der Waals surface area contributed by atoms with Gasteiger partial charge in [-0.05, 0) is 19.3 Å². The first-order valence-corrected chi connectivity index (χ1v) is 8.84. The number of nitrogens with one attached hydrogen (secondary N) is 1. The molecule has 0 bridgehead atoms. The fourth-order valence-corrected chi connectivity index (χ4v) is 4.83. The lowest BCUT2D eigenvalue weighted by Gasteiger charge is -2.17. The van der Waals surface area contributed by atoms with Crippen LogP contribution in [0.2, 0.25) is 0 Å². The van der Waals surface area contributed by atoms with E-state index in [1.807, 2.05) is 0 Å². The standard InChI is InChI=1S/C13H18N2O5S/c1-19-11-7-21(17,18)6-9(11)14-13(16)12-8-4-2-3-5-10(8)20-15-12/h9,11H,2-7H2,1H3,(H,14,16)/t9-,11-/m1/s1. The van der Waals surface area contributed by atoms with Gasteiger partial charge in [0.15, 0.2) is 15.5 Å². The molecule has 0 unspecified atom stereocenters. The lowest BCUT2D eigenvalue weighted by Crippen LogP contribution is -2.43. The zero-order valence-electron chi connectivity index (χ0n) is 11.8. The van der Waals surface area contributed by atoms with Crippen molar-refractivity contribution in [3.63, 3.8) is 0 Å². The van der Waals surface area contributed by atoms with Crippen LogP contribution in [0.3, 0.4) is 0 Å². The van der Waals surface area contributed by atoms with Gasteiger partial charge in [-0.2, -0.15) is 0 Å². The van der Waals surface area contributed by atoms with Crippen LogP contribution in [0.4, 0.5) is 0 Å². The Morgan fingerprint density at radius 3 is 2.86 bits per heavy atom. The number of methoxy groups -OCH3 is 1. The summed E-state index contributed by atoms with van der Waals surface area (Å²) in [4.78, 5) is 12.3. The molecule has 1 aliphatic carbocycles. The molecule has 1 N–H and O–H groups in total. The predicted molar refractivity (Wildman–Crippen MR) is 73.9 cm³/mol. The largest absolute Gasteiger partial charge is 0.378 e. The summed E-state index contributed by atoms with van der Waals surface area (Å²) in [6.45, 7) is 0. The van der Waals surface area contributed by atoms with Crippen molar-refractivity contribution in [1.82, 2.24) is 10.5 Å². The van der Waals surface area contributed by atoms with Crippen LogP contribution >= 0.6 is 0 Å². The Kier molecular flexibility index (Phi) is 3.75. The summed E-state index contributed by atoms with van der Waals surface area (Å²) in [7, 11) is -1.73. The molecule has 0 aromatic carbocycles. The van der Waals surface area contributed by atoms with Gasteiger partial charge < -0.3 is 14.6 Å². The molecule has 7 nitrogen and oxygen atoms in total. The summed E-state index contributed by atoms with van der Waals surface area (Å²) in [6.07, 6.45) is 3.11. The van der Waals surface area contributed by atoms with E-state index < -0.39 is 22.0 Å². The number of hydrogen-bond donors (Lipinski definition) is 1. The highest BCUT2D eigenvalue weighted by molar-refractivity contribution is 7.91. The highest BCUT2D eigenvalue weighted by atomic mass is 32.2. The Morgan fingerprint density at radius 1 is 1.33 bits per heavy atom. The Labute approximate surface area is 122 Å². The third-order valence-electron chi connectivity index (χ3n) is 4.08.